The summed E-state index contributed by atoms with van der Waals surface area (Å²) in [6.07, 6.45) is 1.04. The van der Waals surface area contributed by atoms with Crippen LogP contribution in [0.25, 0.3) is 0 Å². The average Bonchev–Trinajstić information content (AvgIpc) is 2.95. The molecule has 1 N–H and O–H groups in total. The molecule has 3 aromatic carbocycles. The van der Waals surface area contributed by atoms with Crippen molar-refractivity contribution in [2.24, 2.45) is 0 Å². The van der Waals surface area contributed by atoms with Crippen LogP contribution in [0.1, 0.15) is 50.3 Å². The number of nitrogens with one attached hydrogen (secondary N) is 1. The van der Waals surface area contributed by atoms with Crippen molar-refractivity contribution < 1.29 is 18.0 Å². The number of benzene rings is 3. The minimum atomic E-state index is -4.13. The molecule has 0 unspecified atom stereocenters. The number of hydrogen-bond acceptors (Lipinski definition) is 4. The van der Waals surface area contributed by atoms with Gasteiger partial charge in [-0.2, -0.15) is 0 Å². The van der Waals surface area contributed by atoms with Crippen LogP contribution in [0, 0.1) is 13.8 Å². The van der Waals surface area contributed by atoms with E-state index < -0.39 is 28.5 Å². The molecule has 0 aromatic heterocycles. The Kier molecular flexibility index (Phi) is 11.2. The summed E-state index contributed by atoms with van der Waals surface area (Å²) in [7, 11) is -4.13. The van der Waals surface area contributed by atoms with Crippen molar-refractivity contribution in [3.8, 4) is 0 Å². The van der Waals surface area contributed by atoms with Crippen molar-refractivity contribution in [3.63, 3.8) is 0 Å². The number of carbonyl (C=O) groups excluding carboxylic acids is 2. The Morgan fingerprint density at radius 1 is 0.878 bits per heavy atom. The van der Waals surface area contributed by atoms with Gasteiger partial charge in [0.15, 0.2) is 0 Å². The third-order valence-corrected chi connectivity index (χ3v) is 9.64. The lowest BCUT2D eigenvalue weighted by Crippen LogP contribution is -2.53. The third kappa shape index (κ3) is 8.03. The van der Waals surface area contributed by atoms with Gasteiger partial charge in [-0.25, -0.2) is 8.42 Å². The molecule has 0 aliphatic heterocycles. The molecule has 0 aliphatic carbocycles. The Morgan fingerprint density at radius 3 is 2.15 bits per heavy atom. The van der Waals surface area contributed by atoms with Gasteiger partial charge in [-0.15, -0.1) is 0 Å². The van der Waals surface area contributed by atoms with Gasteiger partial charge in [-0.3, -0.25) is 13.9 Å². The Labute approximate surface area is 253 Å². The van der Waals surface area contributed by atoms with Gasteiger partial charge in [0.05, 0.1) is 20.6 Å². The summed E-state index contributed by atoms with van der Waals surface area (Å²) >= 11 is 12.4. The molecule has 220 valence electrons. The number of aryl methyl sites for hydroxylation is 2. The minimum absolute atomic E-state index is 0.0360. The second-order valence-electron chi connectivity index (χ2n) is 10.1. The van der Waals surface area contributed by atoms with Gasteiger partial charge in [0, 0.05) is 12.6 Å². The molecule has 0 saturated carbocycles. The molecular weight excluding hydrogens is 581 g/mol. The summed E-state index contributed by atoms with van der Waals surface area (Å²) in [6, 6.07) is 17.3. The molecule has 0 saturated heterocycles. The van der Waals surface area contributed by atoms with E-state index in [4.69, 9.17) is 23.2 Å². The van der Waals surface area contributed by atoms with Crippen molar-refractivity contribution in [2.45, 2.75) is 71.0 Å². The predicted molar refractivity (Wildman–Crippen MR) is 166 cm³/mol. The third-order valence-electron chi connectivity index (χ3n) is 7.11. The fraction of sp³-hybridized carbons (Fsp3) is 0.355. The molecule has 7 nitrogen and oxygen atoms in total. The summed E-state index contributed by atoms with van der Waals surface area (Å²) in [5, 5.41) is 3.65. The summed E-state index contributed by atoms with van der Waals surface area (Å²) in [4.78, 5) is 29.0. The largest absolute Gasteiger partial charge is 0.352 e. The zero-order valence-electron chi connectivity index (χ0n) is 24.0. The highest BCUT2D eigenvalue weighted by molar-refractivity contribution is 7.92. The topological polar surface area (TPSA) is 86.8 Å². The van der Waals surface area contributed by atoms with Gasteiger partial charge in [0.2, 0.25) is 11.8 Å². The van der Waals surface area contributed by atoms with Crippen LogP contribution in [0.5, 0.6) is 0 Å². The normalized spacial score (nSPS) is 12.9. The summed E-state index contributed by atoms with van der Waals surface area (Å²) in [6.45, 7) is 9.02. The van der Waals surface area contributed by atoms with Gasteiger partial charge in [-0.1, -0.05) is 67.4 Å². The lowest BCUT2D eigenvalue weighted by Gasteiger charge is -2.34. The van der Waals surface area contributed by atoms with Gasteiger partial charge < -0.3 is 10.2 Å². The first-order chi connectivity index (χ1) is 19.4. The first-order valence-corrected chi connectivity index (χ1v) is 15.8. The second-order valence-corrected chi connectivity index (χ2v) is 12.8. The molecule has 0 heterocycles. The van der Waals surface area contributed by atoms with E-state index in [1.165, 1.54) is 17.0 Å². The van der Waals surface area contributed by atoms with Crippen molar-refractivity contribution >= 4 is 50.7 Å². The Balaban J connectivity index is 2.09. The van der Waals surface area contributed by atoms with Crippen molar-refractivity contribution in [1.82, 2.24) is 10.2 Å². The van der Waals surface area contributed by atoms with E-state index in [2.05, 4.69) is 5.32 Å². The van der Waals surface area contributed by atoms with Crippen LogP contribution < -0.4 is 9.62 Å². The van der Waals surface area contributed by atoms with Gasteiger partial charge in [0.25, 0.3) is 10.0 Å². The van der Waals surface area contributed by atoms with E-state index in [1.54, 1.807) is 48.5 Å². The molecular formula is C31H37Cl2N3O4S. The highest BCUT2D eigenvalue weighted by Gasteiger charge is 2.34. The molecule has 3 rings (SSSR count). The number of sulfonamides is 1. The molecule has 41 heavy (non-hydrogen) atoms. The second kappa shape index (κ2) is 14.2. The van der Waals surface area contributed by atoms with Crippen LogP contribution in [0.2, 0.25) is 10.0 Å². The molecule has 0 aliphatic rings. The average molecular weight is 619 g/mol. The number of hydrogen-bond donors (Lipinski definition) is 1. The maximum Gasteiger partial charge on any atom is 0.264 e. The molecule has 2 atom stereocenters. The number of halogens is 2. The maximum atomic E-state index is 14.2. The minimum Gasteiger partial charge on any atom is -0.352 e. The Hall–Kier alpha value is -3.07. The van der Waals surface area contributed by atoms with Crippen molar-refractivity contribution in [1.29, 1.82) is 0 Å². The fourth-order valence-electron chi connectivity index (χ4n) is 4.32. The monoisotopic (exact) mass is 617 g/mol. The number of carbonyl (C=O) groups is 2. The molecule has 10 heteroatoms. The van der Waals surface area contributed by atoms with Crippen LogP contribution in [0.3, 0.4) is 0 Å². The van der Waals surface area contributed by atoms with E-state index in [-0.39, 0.29) is 23.4 Å². The number of nitrogens with zero attached hydrogens (tertiary/aromatic N) is 2. The van der Waals surface area contributed by atoms with Crippen LogP contribution >= 0.6 is 23.2 Å². The fourth-order valence-corrected chi connectivity index (χ4v) is 6.07. The first-order valence-electron chi connectivity index (χ1n) is 13.6. The molecule has 0 fully saturated rings. The summed E-state index contributed by atoms with van der Waals surface area (Å²) < 4.78 is 29.0. The molecule has 0 radical (unpaired) electrons. The highest BCUT2D eigenvalue weighted by Crippen LogP contribution is 2.28. The molecule has 2 amide bonds. The Morgan fingerprint density at radius 2 is 1.56 bits per heavy atom. The van der Waals surface area contributed by atoms with Crippen LogP contribution in [0.15, 0.2) is 71.6 Å². The van der Waals surface area contributed by atoms with E-state index in [0.29, 0.717) is 27.7 Å². The van der Waals surface area contributed by atoms with Gasteiger partial charge in [-0.05, 0) is 86.7 Å². The van der Waals surface area contributed by atoms with E-state index in [0.717, 1.165) is 21.9 Å². The molecule has 0 bridgehead atoms. The lowest BCUT2D eigenvalue weighted by atomic mass is 10.1. The Bertz CT molecular complexity index is 1480. The standard InChI is InChI=1S/C31H37Cl2N3O4S/c1-6-23(5)34-31(38)29(7-2)35(19-24-14-16-27(32)28(33)18-24)30(37)20-36(25-15-13-21(3)22(4)17-25)41(39,40)26-11-9-8-10-12-26/h8-18,23,29H,6-7,19-20H2,1-5H3,(H,34,38)/t23-,29+/m0/s1. The molecule has 3 aromatic rings. The molecule has 0 spiro atoms. The number of anilines is 1. The van der Waals surface area contributed by atoms with E-state index >= 15 is 0 Å². The smallest absolute Gasteiger partial charge is 0.264 e. The van der Waals surface area contributed by atoms with Gasteiger partial charge in [0.1, 0.15) is 12.6 Å². The predicted octanol–water partition coefficient (Wildman–Crippen LogP) is 6.53. The van der Waals surface area contributed by atoms with Crippen LogP contribution in [-0.2, 0) is 26.2 Å². The van der Waals surface area contributed by atoms with E-state index in [1.807, 2.05) is 40.7 Å². The van der Waals surface area contributed by atoms with Gasteiger partial charge >= 0.3 is 0 Å². The first kappa shape index (κ1) is 32.4. The summed E-state index contributed by atoms with van der Waals surface area (Å²) in [5.41, 5.74) is 2.89. The number of amides is 2. The van der Waals surface area contributed by atoms with Crippen LogP contribution in [0.4, 0.5) is 5.69 Å². The lowest BCUT2D eigenvalue weighted by molar-refractivity contribution is -0.140. The highest BCUT2D eigenvalue weighted by atomic mass is 35.5. The SMILES string of the molecule is CC[C@H](C(=O)N[C@@H](C)CC)N(Cc1ccc(Cl)c(Cl)c1)C(=O)CN(c1ccc(C)c(C)c1)S(=O)(=O)c1ccccc1. The van der Waals surface area contributed by atoms with E-state index in [9.17, 15) is 18.0 Å². The van der Waals surface area contributed by atoms with Crippen molar-refractivity contribution in [3.05, 3.63) is 93.5 Å². The number of rotatable bonds is 12. The summed E-state index contributed by atoms with van der Waals surface area (Å²) in [5.74, 6) is -0.834. The maximum absolute atomic E-state index is 14.2. The zero-order chi connectivity index (χ0) is 30.3. The van der Waals surface area contributed by atoms with Crippen molar-refractivity contribution in [2.75, 3.05) is 10.8 Å². The zero-order valence-corrected chi connectivity index (χ0v) is 26.4. The van der Waals surface area contributed by atoms with Crippen LogP contribution in [-0.4, -0.2) is 43.8 Å². The quantitative estimate of drug-likeness (QED) is 0.250.